The van der Waals surface area contributed by atoms with Crippen molar-refractivity contribution in [1.29, 1.82) is 0 Å². The Morgan fingerprint density at radius 3 is 2.84 bits per heavy atom. The largest absolute Gasteiger partial charge is 0.354 e. The van der Waals surface area contributed by atoms with Gasteiger partial charge in [0.2, 0.25) is 5.91 Å². The SMILES string of the molecule is CCc1cnc(CCNC(=O)C2(N)CCCCC2)s1. The van der Waals surface area contributed by atoms with Gasteiger partial charge in [-0.3, -0.25) is 4.79 Å². The van der Waals surface area contributed by atoms with Crippen molar-refractivity contribution >= 4 is 17.2 Å². The molecule has 19 heavy (non-hydrogen) atoms. The Hall–Kier alpha value is -0.940. The monoisotopic (exact) mass is 281 g/mol. The van der Waals surface area contributed by atoms with Gasteiger partial charge >= 0.3 is 0 Å². The van der Waals surface area contributed by atoms with Crippen molar-refractivity contribution in [2.24, 2.45) is 5.73 Å². The second-order valence-corrected chi connectivity index (χ2v) is 6.50. The van der Waals surface area contributed by atoms with E-state index >= 15 is 0 Å². The fourth-order valence-corrected chi connectivity index (χ4v) is 3.36. The van der Waals surface area contributed by atoms with Crippen LogP contribution in [0.25, 0.3) is 0 Å². The number of carbonyl (C=O) groups excluding carboxylic acids is 1. The van der Waals surface area contributed by atoms with Gasteiger partial charge in [0.15, 0.2) is 0 Å². The van der Waals surface area contributed by atoms with Crippen molar-refractivity contribution in [3.63, 3.8) is 0 Å². The Bertz CT molecular complexity index is 424. The summed E-state index contributed by atoms with van der Waals surface area (Å²) in [5.74, 6) is 0.0134. The fourth-order valence-electron chi connectivity index (χ4n) is 2.50. The van der Waals surface area contributed by atoms with Gasteiger partial charge in [0.1, 0.15) is 0 Å². The third-order valence-electron chi connectivity index (χ3n) is 3.77. The standard InChI is InChI=1S/C14H23N3OS/c1-2-11-10-17-12(19-11)6-9-16-13(18)14(15)7-4-3-5-8-14/h10H,2-9,15H2,1H3,(H,16,18). The van der Waals surface area contributed by atoms with Crippen LogP contribution in [0.3, 0.4) is 0 Å². The summed E-state index contributed by atoms with van der Waals surface area (Å²) in [4.78, 5) is 17.8. The second-order valence-electron chi connectivity index (χ2n) is 5.30. The molecule has 1 heterocycles. The van der Waals surface area contributed by atoms with Crippen molar-refractivity contribution in [2.45, 2.75) is 57.4 Å². The number of amides is 1. The fraction of sp³-hybridized carbons (Fsp3) is 0.714. The average Bonchev–Trinajstić information content (AvgIpc) is 2.87. The zero-order chi connectivity index (χ0) is 13.7. The van der Waals surface area contributed by atoms with E-state index in [1.807, 2.05) is 6.20 Å². The van der Waals surface area contributed by atoms with E-state index in [0.29, 0.717) is 6.54 Å². The number of rotatable bonds is 5. The molecule has 1 aliphatic carbocycles. The van der Waals surface area contributed by atoms with E-state index in [-0.39, 0.29) is 5.91 Å². The Morgan fingerprint density at radius 2 is 2.21 bits per heavy atom. The maximum atomic E-state index is 12.1. The van der Waals surface area contributed by atoms with Crippen LogP contribution >= 0.6 is 11.3 Å². The highest BCUT2D eigenvalue weighted by Crippen LogP contribution is 2.25. The molecule has 1 aromatic rings. The molecule has 0 unspecified atom stereocenters. The molecule has 3 N–H and O–H groups in total. The zero-order valence-electron chi connectivity index (χ0n) is 11.6. The van der Waals surface area contributed by atoms with Gasteiger partial charge in [0.05, 0.1) is 10.5 Å². The van der Waals surface area contributed by atoms with Crippen LogP contribution in [0, 0.1) is 0 Å². The molecule has 1 fully saturated rings. The highest BCUT2D eigenvalue weighted by atomic mass is 32.1. The van der Waals surface area contributed by atoms with Crippen LogP contribution in [0.5, 0.6) is 0 Å². The molecular weight excluding hydrogens is 258 g/mol. The van der Waals surface area contributed by atoms with Crippen molar-refractivity contribution in [2.75, 3.05) is 6.54 Å². The number of hydrogen-bond acceptors (Lipinski definition) is 4. The molecule has 0 aliphatic heterocycles. The van der Waals surface area contributed by atoms with E-state index in [1.165, 1.54) is 11.3 Å². The molecule has 1 amide bonds. The lowest BCUT2D eigenvalue weighted by Gasteiger charge is -2.31. The van der Waals surface area contributed by atoms with E-state index in [9.17, 15) is 4.79 Å². The number of thiazole rings is 1. The minimum Gasteiger partial charge on any atom is -0.354 e. The third kappa shape index (κ3) is 3.76. The summed E-state index contributed by atoms with van der Waals surface area (Å²) in [7, 11) is 0. The van der Waals surface area contributed by atoms with Crippen LogP contribution in [0.15, 0.2) is 6.20 Å². The van der Waals surface area contributed by atoms with E-state index in [2.05, 4.69) is 17.2 Å². The van der Waals surface area contributed by atoms with E-state index in [4.69, 9.17) is 5.73 Å². The number of nitrogens with two attached hydrogens (primary N) is 1. The summed E-state index contributed by atoms with van der Waals surface area (Å²) in [6.45, 7) is 2.76. The molecule has 1 saturated carbocycles. The minimum atomic E-state index is -0.629. The number of aryl methyl sites for hydroxylation is 1. The molecule has 0 aromatic carbocycles. The van der Waals surface area contributed by atoms with Gasteiger partial charge in [-0.1, -0.05) is 26.2 Å². The Morgan fingerprint density at radius 1 is 1.47 bits per heavy atom. The average molecular weight is 281 g/mol. The number of nitrogens with one attached hydrogen (secondary N) is 1. The van der Waals surface area contributed by atoms with E-state index < -0.39 is 5.54 Å². The van der Waals surface area contributed by atoms with Gasteiger partial charge in [0, 0.05) is 24.0 Å². The highest BCUT2D eigenvalue weighted by molar-refractivity contribution is 7.11. The summed E-state index contributed by atoms with van der Waals surface area (Å²) in [6, 6.07) is 0. The molecule has 1 aliphatic rings. The number of aromatic nitrogens is 1. The summed E-state index contributed by atoms with van der Waals surface area (Å²) >= 11 is 1.73. The van der Waals surface area contributed by atoms with Crippen molar-refractivity contribution in [3.05, 3.63) is 16.1 Å². The molecule has 0 bridgehead atoms. The van der Waals surface area contributed by atoms with Crippen LogP contribution in [0.4, 0.5) is 0 Å². The minimum absolute atomic E-state index is 0.0134. The summed E-state index contributed by atoms with van der Waals surface area (Å²) in [6.07, 6.45) is 8.71. The van der Waals surface area contributed by atoms with Gasteiger partial charge in [0.25, 0.3) is 0 Å². The summed E-state index contributed by atoms with van der Waals surface area (Å²) in [5.41, 5.74) is 5.55. The van der Waals surface area contributed by atoms with Crippen molar-refractivity contribution in [1.82, 2.24) is 10.3 Å². The molecule has 2 rings (SSSR count). The van der Waals surface area contributed by atoms with Crippen molar-refractivity contribution in [3.8, 4) is 0 Å². The molecule has 5 heteroatoms. The number of carbonyl (C=O) groups is 1. The van der Waals surface area contributed by atoms with Crippen molar-refractivity contribution < 1.29 is 4.79 Å². The summed E-state index contributed by atoms with van der Waals surface area (Å²) < 4.78 is 0. The predicted octanol–water partition coefficient (Wildman–Crippen LogP) is 2.03. The molecule has 1 aromatic heterocycles. The Kier molecular flexibility index (Phi) is 4.93. The van der Waals surface area contributed by atoms with Crippen LogP contribution < -0.4 is 11.1 Å². The van der Waals surface area contributed by atoms with E-state index in [1.54, 1.807) is 11.3 Å². The first-order chi connectivity index (χ1) is 9.14. The van der Waals surface area contributed by atoms with Gasteiger partial charge in [-0.25, -0.2) is 4.98 Å². The number of hydrogen-bond donors (Lipinski definition) is 2. The Balaban J connectivity index is 1.77. The van der Waals surface area contributed by atoms with Crippen LogP contribution in [-0.2, 0) is 17.6 Å². The molecule has 106 valence electrons. The highest BCUT2D eigenvalue weighted by Gasteiger charge is 2.34. The number of nitrogens with zero attached hydrogens (tertiary/aromatic N) is 1. The van der Waals surface area contributed by atoms with Gasteiger partial charge < -0.3 is 11.1 Å². The lowest BCUT2D eigenvalue weighted by atomic mass is 9.82. The van der Waals surface area contributed by atoms with Gasteiger partial charge in [-0.2, -0.15) is 0 Å². The molecule has 0 saturated heterocycles. The van der Waals surface area contributed by atoms with Crippen LogP contribution in [0.2, 0.25) is 0 Å². The molecule has 4 nitrogen and oxygen atoms in total. The third-order valence-corrected chi connectivity index (χ3v) is 4.97. The lowest BCUT2D eigenvalue weighted by molar-refractivity contribution is -0.127. The second kappa shape index (κ2) is 6.48. The first-order valence-corrected chi connectivity index (χ1v) is 7.96. The predicted molar refractivity (Wildman–Crippen MR) is 78.2 cm³/mol. The maximum absolute atomic E-state index is 12.1. The Labute approximate surface area is 118 Å². The molecular formula is C14H23N3OS. The zero-order valence-corrected chi connectivity index (χ0v) is 12.4. The quantitative estimate of drug-likeness (QED) is 0.867. The van der Waals surface area contributed by atoms with Gasteiger partial charge in [-0.05, 0) is 19.3 Å². The molecule has 0 spiro atoms. The first-order valence-electron chi connectivity index (χ1n) is 7.15. The molecule has 0 atom stereocenters. The smallest absolute Gasteiger partial charge is 0.240 e. The molecule has 0 radical (unpaired) electrons. The normalized spacial score (nSPS) is 18.2. The topological polar surface area (TPSA) is 68.0 Å². The van der Waals surface area contributed by atoms with Crippen LogP contribution in [0.1, 0.15) is 48.9 Å². The first kappa shape index (κ1) is 14.5. The van der Waals surface area contributed by atoms with Gasteiger partial charge in [-0.15, -0.1) is 11.3 Å². The lowest BCUT2D eigenvalue weighted by Crippen LogP contribution is -2.55. The van der Waals surface area contributed by atoms with Crippen LogP contribution in [-0.4, -0.2) is 23.0 Å². The summed E-state index contributed by atoms with van der Waals surface area (Å²) in [5, 5.41) is 4.06. The van der Waals surface area contributed by atoms with E-state index in [0.717, 1.165) is 43.5 Å². The maximum Gasteiger partial charge on any atom is 0.240 e.